The first-order valence-electron chi connectivity index (χ1n) is 7.09. The van der Waals surface area contributed by atoms with E-state index in [2.05, 4.69) is 42.6 Å². The first kappa shape index (κ1) is 14.6. The summed E-state index contributed by atoms with van der Waals surface area (Å²) >= 11 is 0. The molecular weight excluding hydrogens is 250 g/mol. The van der Waals surface area contributed by atoms with Gasteiger partial charge in [-0.3, -0.25) is 4.68 Å². The zero-order valence-corrected chi connectivity index (χ0v) is 12.5. The van der Waals surface area contributed by atoms with Crippen LogP contribution in [-0.2, 0) is 19.5 Å². The van der Waals surface area contributed by atoms with Crippen molar-refractivity contribution < 1.29 is 4.74 Å². The van der Waals surface area contributed by atoms with E-state index >= 15 is 0 Å². The van der Waals surface area contributed by atoms with Crippen LogP contribution in [0.1, 0.15) is 23.7 Å². The highest BCUT2D eigenvalue weighted by molar-refractivity contribution is 5.27. The Morgan fingerprint density at radius 3 is 2.60 bits per heavy atom. The third-order valence-electron chi connectivity index (χ3n) is 3.44. The standard InChI is InChI=1S/C16H23N3O/c1-4-19-12-15(13(2)18-19)11-17-10-9-14-5-7-16(20-3)8-6-14/h5-8,12,17H,4,9-11H2,1-3H3. The minimum Gasteiger partial charge on any atom is -0.497 e. The fourth-order valence-corrected chi connectivity index (χ4v) is 2.14. The number of methoxy groups -OCH3 is 1. The summed E-state index contributed by atoms with van der Waals surface area (Å²) < 4.78 is 7.14. The van der Waals surface area contributed by atoms with Crippen molar-refractivity contribution in [3.63, 3.8) is 0 Å². The van der Waals surface area contributed by atoms with Gasteiger partial charge in [-0.2, -0.15) is 5.10 Å². The maximum absolute atomic E-state index is 5.15. The summed E-state index contributed by atoms with van der Waals surface area (Å²) in [6, 6.07) is 8.23. The van der Waals surface area contributed by atoms with Crippen molar-refractivity contribution in [2.45, 2.75) is 33.4 Å². The number of nitrogens with one attached hydrogen (secondary N) is 1. The summed E-state index contributed by atoms with van der Waals surface area (Å²) in [6.45, 7) is 6.93. The summed E-state index contributed by atoms with van der Waals surface area (Å²) in [4.78, 5) is 0. The molecule has 0 spiro atoms. The van der Waals surface area contributed by atoms with E-state index in [4.69, 9.17) is 4.74 Å². The molecule has 2 rings (SSSR count). The molecule has 0 saturated carbocycles. The third-order valence-corrected chi connectivity index (χ3v) is 3.44. The largest absolute Gasteiger partial charge is 0.497 e. The predicted molar refractivity (Wildman–Crippen MR) is 81.0 cm³/mol. The van der Waals surface area contributed by atoms with Crippen molar-refractivity contribution in [2.75, 3.05) is 13.7 Å². The van der Waals surface area contributed by atoms with Crippen molar-refractivity contribution in [3.05, 3.63) is 47.3 Å². The molecule has 108 valence electrons. The van der Waals surface area contributed by atoms with Crippen LogP contribution in [-0.4, -0.2) is 23.4 Å². The minimum absolute atomic E-state index is 0.877. The second-order valence-electron chi connectivity index (χ2n) is 4.87. The van der Waals surface area contributed by atoms with E-state index in [9.17, 15) is 0 Å². The summed E-state index contributed by atoms with van der Waals surface area (Å²) in [5.74, 6) is 0.907. The number of ether oxygens (including phenoxy) is 1. The van der Waals surface area contributed by atoms with Gasteiger partial charge in [-0.25, -0.2) is 0 Å². The fraction of sp³-hybridized carbons (Fsp3) is 0.438. The van der Waals surface area contributed by atoms with Crippen LogP contribution in [0.3, 0.4) is 0 Å². The van der Waals surface area contributed by atoms with E-state index in [-0.39, 0.29) is 0 Å². The van der Waals surface area contributed by atoms with Crippen LogP contribution in [0.4, 0.5) is 0 Å². The molecule has 4 nitrogen and oxygen atoms in total. The highest BCUT2D eigenvalue weighted by Crippen LogP contribution is 2.11. The van der Waals surface area contributed by atoms with Crippen molar-refractivity contribution in [1.82, 2.24) is 15.1 Å². The zero-order valence-electron chi connectivity index (χ0n) is 12.5. The van der Waals surface area contributed by atoms with E-state index in [0.717, 1.165) is 37.5 Å². The van der Waals surface area contributed by atoms with Gasteiger partial charge in [-0.05, 0) is 44.5 Å². The van der Waals surface area contributed by atoms with Gasteiger partial charge in [-0.15, -0.1) is 0 Å². The Morgan fingerprint density at radius 1 is 1.25 bits per heavy atom. The normalized spacial score (nSPS) is 10.8. The summed E-state index contributed by atoms with van der Waals surface area (Å²) in [7, 11) is 1.69. The van der Waals surface area contributed by atoms with Gasteiger partial charge in [0.15, 0.2) is 0 Å². The molecule has 0 saturated heterocycles. The van der Waals surface area contributed by atoms with E-state index in [1.165, 1.54) is 11.1 Å². The lowest BCUT2D eigenvalue weighted by Crippen LogP contribution is -2.16. The molecule has 0 bridgehead atoms. The molecule has 1 heterocycles. The second-order valence-corrected chi connectivity index (χ2v) is 4.87. The van der Waals surface area contributed by atoms with Crippen LogP contribution < -0.4 is 10.1 Å². The predicted octanol–water partition coefficient (Wildman–Crippen LogP) is 2.55. The lowest BCUT2D eigenvalue weighted by Gasteiger charge is -2.05. The molecule has 20 heavy (non-hydrogen) atoms. The number of hydrogen-bond acceptors (Lipinski definition) is 3. The van der Waals surface area contributed by atoms with Crippen LogP contribution in [0.25, 0.3) is 0 Å². The molecule has 1 aromatic carbocycles. The Labute approximate surface area is 120 Å². The quantitative estimate of drug-likeness (QED) is 0.788. The average Bonchev–Trinajstić information content (AvgIpc) is 2.85. The molecule has 1 aromatic heterocycles. The molecule has 0 amide bonds. The lowest BCUT2D eigenvalue weighted by atomic mass is 10.1. The topological polar surface area (TPSA) is 39.1 Å². The third kappa shape index (κ3) is 3.84. The molecule has 0 aliphatic rings. The van der Waals surface area contributed by atoms with Crippen LogP contribution >= 0.6 is 0 Å². The van der Waals surface area contributed by atoms with Crippen LogP contribution in [0.15, 0.2) is 30.5 Å². The maximum atomic E-state index is 5.15. The average molecular weight is 273 g/mol. The first-order valence-corrected chi connectivity index (χ1v) is 7.09. The van der Waals surface area contributed by atoms with Gasteiger partial charge in [0.05, 0.1) is 12.8 Å². The molecule has 4 heteroatoms. The van der Waals surface area contributed by atoms with Gasteiger partial charge in [0.1, 0.15) is 5.75 Å². The Kier molecular flexibility index (Phi) is 5.18. The molecule has 0 atom stereocenters. The van der Waals surface area contributed by atoms with Crippen molar-refractivity contribution in [2.24, 2.45) is 0 Å². The minimum atomic E-state index is 0.877. The first-order chi connectivity index (χ1) is 9.72. The number of aryl methyl sites for hydroxylation is 2. The smallest absolute Gasteiger partial charge is 0.118 e. The van der Waals surface area contributed by atoms with Gasteiger partial charge in [0.2, 0.25) is 0 Å². The molecule has 0 aliphatic carbocycles. The Hall–Kier alpha value is -1.81. The van der Waals surface area contributed by atoms with Crippen molar-refractivity contribution in [3.8, 4) is 5.75 Å². The summed E-state index contributed by atoms with van der Waals surface area (Å²) in [5, 5.41) is 7.92. The zero-order chi connectivity index (χ0) is 14.4. The molecule has 0 radical (unpaired) electrons. The molecular formula is C16H23N3O. The van der Waals surface area contributed by atoms with E-state index < -0.39 is 0 Å². The lowest BCUT2D eigenvalue weighted by molar-refractivity contribution is 0.414. The van der Waals surface area contributed by atoms with E-state index in [1.54, 1.807) is 7.11 Å². The number of nitrogens with zero attached hydrogens (tertiary/aromatic N) is 2. The van der Waals surface area contributed by atoms with E-state index in [0.29, 0.717) is 0 Å². The molecule has 1 N–H and O–H groups in total. The fourth-order valence-electron chi connectivity index (χ4n) is 2.14. The summed E-state index contributed by atoms with van der Waals surface area (Å²) in [6.07, 6.45) is 3.14. The van der Waals surface area contributed by atoms with Gasteiger partial charge in [0, 0.05) is 24.8 Å². The molecule has 0 aliphatic heterocycles. The second kappa shape index (κ2) is 7.10. The SMILES string of the molecule is CCn1cc(CNCCc2ccc(OC)cc2)c(C)n1. The van der Waals surface area contributed by atoms with Gasteiger partial charge in [0.25, 0.3) is 0 Å². The van der Waals surface area contributed by atoms with E-state index in [1.807, 2.05) is 16.8 Å². The summed E-state index contributed by atoms with van der Waals surface area (Å²) in [5.41, 5.74) is 3.71. The van der Waals surface area contributed by atoms with Gasteiger partial charge >= 0.3 is 0 Å². The van der Waals surface area contributed by atoms with Crippen LogP contribution in [0.5, 0.6) is 5.75 Å². The Morgan fingerprint density at radius 2 is 2.00 bits per heavy atom. The number of aromatic nitrogens is 2. The molecule has 0 fully saturated rings. The van der Waals surface area contributed by atoms with Gasteiger partial charge < -0.3 is 10.1 Å². The highest BCUT2D eigenvalue weighted by Gasteiger charge is 2.03. The molecule has 2 aromatic rings. The van der Waals surface area contributed by atoms with Gasteiger partial charge in [-0.1, -0.05) is 12.1 Å². The van der Waals surface area contributed by atoms with Crippen LogP contribution in [0.2, 0.25) is 0 Å². The Balaban J connectivity index is 1.76. The van der Waals surface area contributed by atoms with Crippen LogP contribution in [0, 0.1) is 6.92 Å². The van der Waals surface area contributed by atoms with Crippen molar-refractivity contribution in [1.29, 1.82) is 0 Å². The maximum Gasteiger partial charge on any atom is 0.118 e. The monoisotopic (exact) mass is 273 g/mol. The molecule has 0 unspecified atom stereocenters. The highest BCUT2D eigenvalue weighted by atomic mass is 16.5. The number of benzene rings is 1. The Bertz CT molecular complexity index is 531. The number of rotatable bonds is 7. The number of hydrogen-bond donors (Lipinski definition) is 1. The van der Waals surface area contributed by atoms with Crippen molar-refractivity contribution >= 4 is 0 Å².